The van der Waals surface area contributed by atoms with Crippen LogP contribution >= 0.6 is 11.6 Å². The average molecular weight is 604 g/mol. The fourth-order valence-electron chi connectivity index (χ4n) is 4.87. The number of rotatable bonds is 5. The van der Waals surface area contributed by atoms with E-state index in [9.17, 15) is 21.2 Å². The molecule has 2 aliphatic heterocycles. The third-order valence-corrected chi connectivity index (χ3v) is 9.91. The van der Waals surface area contributed by atoms with Gasteiger partial charge in [-0.3, -0.25) is 0 Å². The first kappa shape index (κ1) is 28.2. The lowest BCUT2D eigenvalue weighted by molar-refractivity contribution is 0.291. The van der Waals surface area contributed by atoms with E-state index in [1.54, 1.807) is 17.0 Å². The molecule has 1 fully saturated rings. The Labute approximate surface area is 237 Å². The van der Waals surface area contributed by atoms with Crippen molar-refractivity contribution in [1.82, 2.24) is 9.91 Å². The van der Waals surface area contributed by atoms with Crippen molar-refractivity contribution in [2.24, 2.45) is 14.6 Å². The van der Waals surface area contributed by atoms with Crippen molar-refractivity contribution in [2.75, 3.05) is 19.6 Å². The molecule has 0 spiro atoms. The van der Waals surface area contributed by atoms with Crippen LogP contribution in [0.1, 0.15) is 29.9 Å². The van der Waals surface area contributed by atoms with Crippen LogP contribution in [0.25, 0.3) is 0 Å². The van der Waals surface area contributed by atoms with Crippen LogP contribution in [0, 0.1) is 5.82 Å². The van der Waals surface area contributed by atoms with Crippen LogP contribution in [0.3, 0.4) is 0 Å². The normalized spacial score (nSPS) is 19.1. The second kappa shape index (κ2) is 11.3. The Hall–Kier alpha value is -3.32. The smallest absolute Gasteiger partial charge is 0.285 e. The number of sulfonamides is 2. The summed E-state index contributed by atoms with van der Waals surface area (Å²) in [6.07, 6.45) is 0.423. The number of nitrogens with zero attached hydrogens (tertiary/aromatic N) is 4. The molecule has 0 aromatic heterocycles. The third-order valence-electron chi connectivity index (χ3n) is 6.99. The number of nitrogens with two attached hydrogens (primary N) is 1. The molecule has 2 N–H and O–H groups in total. The number of primary sulfonamides is 1. The Bertz CT molecular complexity index is 1640. The highest BCUT2D eigenvalue weighted by molar-refractivity contribution is 7.90. The van der Waals surface area contributed by atoms with Crippen LogP contribution < -0.4 is 5.14 Å². The maximum absolute atomic E-state index is 13.7. The predicted molar refractivity (Wildman–Crippen MR) is 153 cm³/mol. The Morgan fingerprint density at radius 3 is 2.15 bits per heavy atom. The van der Waals surface area contributed by atoms with E-state index in [-0.39, 0.29) is 55.1 Å². The molecular formula is C27H27ClFN5O4S2. The van der Waals surface area contributed by atoms with Crippen LogP contribution in [-0.4, -0.2) is 63.3 Å². The zero-order chi connectivity index (χ0) is 28.5. The summed E-state index contributed by atoms with van der Waals surface area (Å²) in [6, 6.07) is 21.2. The van der Waals surface area contributed by atoms with Crippen molar-refractivity contribution < 1.29 is 21.2 Å². The second-order valence-electron chi connectivity index (χ2n) is 9.63. The van der Waals surface area contributed by atoms with E-state index in [0.29, 0.717) is 16.3 Å². The van der Waals surface area contributed by atoms with Gasteiger partial charge in [0.05, 0.1) is 22.4 Å². The van der Waals surface area contributed by atoms with E-state index in [1.807, 2.05) is 30.3 Å². The van der Waals surface area contributed by atoms with Gasteiger partial charge < -0.3 is 4.90 Å². The fourth-order valence-corrected chi connectivity index (χ4v) is 6.88. The van der Waals surface area contributed by atoms with Crippen LogP contribution in [-0.2, 0) is 20.0 Å². The summed E-state index contributed by atoms with van der Waals surface area (Å²) >= 11 is 5.95. The first-order valence-electron chi connectivity index (χ1n) is 12.6. The molecule has 13 heteroatoms. The van der Waals surface area contributed by atoms with Gasteiger partial charge in [0, 0.05) is 24.0 Å². The molecule has 2 heterocycles. The zero-order valence-electron chi connectivity index (χ0n) is 21.3. The Morgan fingerprint density at radius 1 is 0.925 bits per heavy atom. The first-order chi connectivity index (χ1) is 19.0. The molecule has 1 atom stereocenters. The quantitative estimate of drug-likeness (QED) is 0.349. The molecule has 210 valence electrons. The first-order valence-corrected chi connectivity index (χ1v) is 16.0. The van der Waals surface area contributed by atoms with Crippen molar-refractivity contribution >= 4 is 43.3 Å². The number of hydrazone groups is 1. The van der Waals surface area contributed by atoms with E-state index in [4.69, 9.17) is 21.8 Å². The Balaban J connectivity index is 1.58. The molecule has 9 nitrogen and oxygen atoms in total. The SMILES string of the molecule is NS(=O)(=O)C1CCN(/C(=N/S(=O)(=O)c2ccc(Cl)cc2)N2C[C@H](c3ccccc3)C(c3ccc(F)cc3)=N2)CC1. The lowest BCUT2D eigenvalue weighted by Crippen LogP contribution is -2.49. The number of hydrogen-bond acceptors (Lipinski definition) is 5. The highest BCUT2D eigenvalue weighted by Crippen LogP contribution is 2.31. The summed E-state index contributed by atoms with van der Waals surface area (Å²) < 4.78 is 68.7. The van der Waals surface area contributed by atoms with Gasteiger partial charge in [0.2, 0.25) is 16.0 Å². The lowest BCUT2D eigenvalue weighted by Gasteiger charge is -2.35. The van der Waals surface area contributed by atoms with Crippen molar-refractivity contribution in [3.63, 3.8) is 0 Å². The summed E-state index contributed by atoms with van der Waals surface area (Å²) in [6.45, 7) is 0.689. The van der Waals surface area contributed by atoms with Gasteiger partial charge in [-0.25, -0.2) is 23.0 Å². The standard InChI is InChI=1S/C27H27ClFN5O4S2/c28-21-8-12-24(13-9-21)40(37,38)32-27(33-16-14-23(15-17-33)39(30,35)36)34-18-25(19-4-2-1-3-5-19)26(31-34)20-6-10-22(29)11-7-20/h1-13,23,25H,14-18H2,(H2,30,35,36)/b32-27-/t25-/m1/s1. The van der Waals surface area contributed by atoms with Gasteiger partial charge in [-0.1, -0.05) is 54.1 Å². The summed E-state index contributed by atoms with van der Waals surface area (Å²) in [4.78, 5) is 1.67. The summed E-state index contributed by atoms with van der Waals surface area (Å²) in [7, 11) is -7.93. The zero-order valence-corrected chi connectivity index (χ0v) is 23.7. The minimum Gasteiger partial charge on any atom is -0.340 e. The molecule has 0 unspecified atom stereocenters. The summed E-state index contributed by atoms with van der Waals surface area (Å²) in [5.41, 5.74) is 2.26. The number of benzene rings is 3. The predicted octanol–water partition coefficient (Wildman–Crippen LogP) is 3.78. The van der Waals surface area contributed by atoms with Gasteiger partial charge in [0.25, 0.3) is 10.0 Å². The molecule has 3 aromatic carbocycles. The van der Waals surface area contributed by atoms with E-state index in [0.717, 1.165) is 5.56 Å². The molecule has 40 heavy (non-hydrogen) atoms. The van der Waals surface area contributed by atoms with Crippen LogP contribution in [0.5, 0.6) is 0 Å². The summed E-state index contributed by atoms with van der Waals surface area (Å²) in [5.74, 6) is -0.581. The highest BCUT2D eigenvalue weighted by atomic mass is 35.5. The third kappa shape index (κ3) is 6.20. The van der Waals surface area contributed by atoms with E-state index in [1.165, 1.54) is 41.4 Å². The summed E-state index contributed by atoms with van der Waals surface area (Å²) in [5, 5.41) is 11.4. The Kier molecular flexibility index (Phi) is 7.96. The molecule has 2 aliphatic rings. The van der Waals surface area contributed by atoms with Gasteiger partial charge in [0.15, 0.2) is 0 Å². The second-order valence-corrected chi connectivity index (χ2v) is 13.5. The van der Waals surface area contributed by atoms with Gasteiger partial charge in [-0.05, 0) is 60.4 Å². The molecule has 0 aliphatic carbocycles. The molecule has 1 saturated heterocycles. The van der Waals surface area contributed by atoms with Crippen molar-refractivity contribution in [3.8, 4) is 0 Å². The molecular weight excluding hydrogens is 577 g/mol. The molecule has 3 aromatic rings. The van der Waals surface area contributed by atoms with Crippen molar-refractivity contribution in [1.29, 1.82) is 0 Å². The number of piperidine rings is 1. The molecule has 5 rings (SSSR count). The van der Waals surface area contributed by atoms with Crippen molar-refractivity contribution in [2.45, 2.75) is 28.9 Å². The van der Waals surface area contributed by atoms with Gasteiger partial charge in [-0.15, -0.1) is 4.40 Å². The van der Waals surface area contributed by atoms with Crippen LogP contribution in [0.4, 0.5) is 4.39 Å². The lowest BCUT2D eigenvalue weighted by atomic mass is 9.91. The monoisotopic (exact) mass is 603 g/mol. The van der Waals surface area contributed by atoms with Crippen LogP contribution in [0.15, 0.2) is 93.3 Å². The average Bonchev–Trinajstić information content (AvgIpc) is 3.38. The van der Waals surface area contributed by atoms with E-state index < -0.39 is 25.3 Å². The molecule has 0 bridgehead atoms. The van der Waals surface area contributed by atoms with Gasteiger partial charge in [0.1, 0.15) is 5.82 Å². The number of likely N-dealkylation sites (tertiary alicyclic amines) is 1. The number of hydrogen-bond donors (Lipinski definition) is 1. The highest BCUT2D eigenvalue weighted by Gasteiger charge is 2.37. The molecule has 0 radical (unpaired) electrons. The van der Waals surface area contributed by atoms with E-state index in [2.05, 4.69) is 4.40 Å². The van der Waals surface area contributed by atoms with Crippen molar-refractivity contribution in [3.05, 3.63) is 101 Å². The minimum absolute atomic E-state index is 0.0460. The molecule has 0 saturated carbocycles. The van der Waals surface area contributed by atoms with Gasteiger partial charge >= 0.3 is 0 Å². The topological polar surface area (TPSA) is 126 Å². The largest absolute Gasteiger partial charge is 0.340 e. The fraction of sp³-hybridized carbons (Fsp3) is 0.259. The maximum atomic E-state index is 13.7. The van der Waals surface area contributed by atoms with Crippen LogP contribution in [0.2, 0.25) is 5.02 Å². The Morgan fingerprint density at radius 2 is 1.55 bits per heavy atom. The molecule has 0 amide bonds. The van der Waals surface area contributed by atoms with Gasteiger partial charge in [-0.2, -0.15) is 13.5 Å². The maximum Gasteiger partial charge on any atom is 0.285 e. The minimum atomic E-state index is -4.19. The number of guanidine groups is 1. The van der Waals surface area contributed by atoms with E-state index >= 15 is 0 Å². The number of halogens is 2.